The number of carbonyl (C=O) groups is 1. The minimum absolute atomic E-state index is 0.0827. The predicted molar refractivity (Wildman–Crippen MR) is 110 cm³/mol. The molecular weight excluding hydrogens is 444 g/mol. The molecule has 0 spiro atoms. The number of esters is 1. The van der Waals surface area contributed by atoms with Gasteiger partial charge in [0, 0.05) is 17.2 Å². The lowest BCUT2D eigenvalue weighted by molar-refractivity contribution is -0.129. The van der Waals surface area contributed by atoms with Crippen LogP contribution >= 0.6 is 15.9 Å². The number of carbonyl (C=O) groups excluding carboxylic acids is 1. The number of hydrogen-bond acceptors (Lipinski definition) is 5. The monoisotopic (exact) mass is 458 g/mol. The zero-order valence-electron chi connectivity index (χ0n) is 14.6. The van der Waals surface area contributed by atoms with Gasteiger partial charge in [-0.05, 0) is 47.5 Å². The van der Waals surface area contributed by atoms with Gasteiger partial charge in [0.2, 0.25) is 0 Å². The van der Waals surface area contributed by atoms with Gasteiger partial charge >= 0.3 is 5.97 Å². The summed E-state index contributed by atoms with van der Waals surface area (Å²) < 4.78 is 33.2. The summed E-state index contributed by atoms with van der Waals surface area (Å²) in [6.45, 7) is 0.254. The third-order valence-corrected chi connectivity index (χ3v) is 5.99. The van der Waals surface area contributed by atoms with Crippen LogP contribution in [0.4, 0.5) is 0 Å². The van der Waals surface area contributed by atoms with Crippen molar-refractivity contribution in [2.45, 2.75) is 0 Å². The van der Waals surface area contributed by atoms with Crippen molar-refractivity contribution >= 4 is 37.8 Å². The fraction of sp³-hybridized carbons (Fsp3) is 0.100. The second-order valence-electron chi connectivity index (χ2n) is 6.27. The Labute approximate surface area is 171 Å². The Morgan fingerprint density at radius 2 is 1.64 bits per heavy atom. The molecule has 4 rings (SSSR count). The van der Waals surface area contributed by atoms with E-state index in [4.69, 9.17) is 4.74 Å². The molecule has 0 aromatic heterocycles. The maximum Gasteiger partial charge on any atom is 0.345 e. The molecule has 8 heteroatoms. The second kappa shape index (κ2) is 7.37. The van der Waals surface area contributed by atoms with Gasteiger partial charge in [0.25, 0.3) is 10.0 Å². The first-order valence-corrected chi connectivity index (χ1v) is 10.9. The smallest absolute Gasteiger partial charge is 0.345 e. The van der Waals surface area contributed by atoms with Gasteiger partial charge in [0.15, 0.2) is 0 Å². The Balaban J connectivity index is 1.46. The molecule has 2 aromatic rings. The molecule has 2 heterocycles. The molecule has 0 saturated heterocycles. The van der Waals surface area contributed by atoms with Crippen molar-refractivity contribution in [1.29, 1.82) is 0 Å². The highest BCUT2D eigenvalue weighted by molar-refractivity contribution is 9.10. The van der Waals surface area contributed by atoms with Gasteiger partial charge in [0.05, 0.1) is 11.3 Å². The molecule has 28 heavy (non-hydrogen) atoms. The topological polar surface area (TPSA) is 76.0 Å². The number of benzene rings is 2. The first kappa shape index (κ1) is 18.6. The number of halogens is 1. The number of fused-ring (bicyclic) bond motifs is 1. The van der Waals surface area contributed by atoms with E-state index in [-0.39, 0.29) is 12.3 Å². The molecule has 0 unspecified atom stereocenters. The zero-order chi connectivity index (χ0) is 19.7. The quantitative estimate of drug-likeness (QED) is 0.519. The molecular formula is C20H15BrN2O4S. The highest BCUT2D eigenvalue weighted by Crippen LogP contribution is 2.25. The highest BCUT2D eigenvalue weighted by Gasteiger charge is 2.25. The van der Waals surface area contributed by atoms with Crippen molar-refractivity contribution in [2.75, 3.05) is 12.3 Å². The van der Waals surface area contributed by atoms with Crippen LogP contribution < -0.4 is 4.74 Å². The van der Waals surface area contributed by atoms with Crippen LogP contribution in [0.15, 0.2) is 81.3 Å². The van der Waals surface area contributed by atoms with Crippen LogP contribution in [0.2, 0.25) is 0 Å². The molecule has 0 amide bonds. The first-order chi connectivity index (χ1) is 13.4. The van der Waals surface area contributed by atoms with Crippen LogP contribution in [-0.2, 0) is 14.8 Å². The summed E-state index contributed by atoms with van der Waals surface area (Å²) in [5.41, 5.74) is 2.40. The van der Waals surface area contributed by atoms with Crippen LogP contribution in [0.3, 0.4) is 0 Å². The van der Waals surface area contributed by atoms with Gasteiger partial charge in [-0.15, -0.1) is 4.40 Å². The van der Waals surface area contributed by atoms with E-state index in [1.165, 1.54) is 12.2 Å². The van der Waals surface area contributed by atoms with Crippen molar-refractivity contribution in [2.24, 2.45) is 4.40 Å². The van der Waals surface area contributed by atoms with Gasteiger partial charge in [0.1, 0.15) is 11.6 Å². The molecule has 6 nitrogen and oxygen atoms in total. The van der Waals surface area contributed by atoms with E-state index in [9.17, 15) is 13.2 Å². The van der Waals surface area contributed by atoms with E-state index in [1.54, 1.807) is 23.2 Å². The maximum absolute atomic E-state index is 12.4. The van der Waals surface area contributed by atoms with E-state index in [0.29, 0.717) is 17.2 Å². The highest BCUT2D eigenvalue weighted by atomic mass is 79.9. The van der Waals surface area contributed by atoms with Gasteiger partial charge in [-0.1, -0.05) is 40.2 Å². The Morgan fingerprint density at radius 1 is 1.00 bits per heavy atom. The second-order valence-corrected chi connectivity index (χ2v) is 8.94. The van der Waals surface area contributed by atoms with Crippen molar-refractivity contribution < 1.29 is 17.9 Å². The van der Waals surface area contributed by atoms with Crippen LogP contribution in [-0.4, -0.2) is 37.4 Å². The third kappa shape index (κ3) is 4.07. The molecule has 0 N–H and O–H groups in total. The molecule has 2 aliphatic heterocycles. The molecule has 2 aromatic carbocycles. The summed E-state index contributed by atoms with van der Waals surface area (Å²) in [6.07, 6.45) is 4.57. The summed E-state index contributed by atoms with van der Waals surface area (Å²) in [6, 6.07) is 15.2. The Hall–Kier alpha value is -2.71. The first-order valence-electron chi connectivity index (χ1n) is 8.47. The SMILES string of the molecule is O=C(Oc1ccc(-c2ccc(Br)cc2)cc1)C1=CN2CCS(=O)(=O)N=C2C=C1. The number of ether oxygens (including phenoxy) is 1. The van der Waals surface area contributed by atoms with Crippen LogP contribution in [0.25, 0.3) is 11.1 Å². The van der Waals surface area contributed by atoms with E-state index in [1.807, 2.05) is 36.4 Å². The van der Waals surface area contributed by atoms with E-state index in [0.717, 1.165) is 15.6 Å². The summed E-state index contributed by atoms with van der Waals surface area (Å²) in [4.78, 5) is 14.1. The van der Waals surface area contributed by atoms with Crippen LogP contribution in [0, 0.1) is 0 Å². The average Bonchev–Trinajstić information content (AvgIpc) is 2.68. The lowest BCUT2D eigenvalue weighted by Gasteiger charge is -2.26. The molecule has 0 atom stereocenters. The van der Waals surface area contributed by atoms with E-state index < -0.39 is 16.0 Å². The summed E-state index contributed by atoms with van der Waals surface area (Å²) in [7, 11) is -3.42. The molecule has 0 fully saturated rings. The van der Waals surface area contributed by atoms with E-state index in [2.05, 4.69) is 20.3 Å². The maximum atomic E-state index is 12.4. The number of sulfonamides is 1. The molecule has 0 radical (unpaired) electrons. The average molecular weight is 459 g/mol. The fourth-order valence-corrected chi connectivity index (χ4v) is 4.08. The van der Waals surface area contributed by atoms with Crippen molar-refractivity contribution in [3.05, 3.63) is 76.9 Å². The standard InChI is InChI=1S/C20H15BrN2O4S/c21-17-6-1-14(2-7-17)15-3-8-18(9-4-15)27-20(24)16-5-10-19-22-28(25,26)12-11-23(19)13-16/h1-10,13H,11-12H2. The number of amidine groups is 1. The normalized spacial score (nSPS) is 17.4. The van der Waals surface area contributed by atoms with Crippen LogP contribution in [0.1, 0.15) is 0 Å². The van der Waals surface area contributed by atoms with Crippen molar-refractivity contribution in [3.8, 4) is 16.9 Å². The number of nitrogens with zero attached hydrogens (tertiary/aromatic N) is 2. The Kier molecular flexibility index (Phi) is 4.91. The van der Waals surface area contributed by atoms with Crippen LogP contribution in [0.5, 0.6) is 5.75 Å². The molecule has 2 aliphatic rings. The largest absolute Gasteiger partial charge is 0.423 e. The fourth-order valence-electron chi connectivity index (χ4n) is 2.85. The molecule has 142 valence electrons. The lowest BCUT2D eigenvalue weighted by atomic mass is 10.1. The molecule has 0 aliphatic carbocycles. The number of hydrogen-bond donors (Lipinski definition) is 0. The van der Waals surface area contributed by atoms with Gasteiger partial charge in [-0.25, -0.2) is 13.2 Å². The lowest BCUT2D eigenvalue weighted by Crippen LogP contribution is -2.37. The number of rotatable bonds is 3. The summed E-state index contributed by atoms with van der Waals surface area (Å²) in [5, 5.41) is 0. The van der Waals surface area contributed by atoms with Gasteiger partial charge in [-0.3, -0.25) is 0 Å². The molecule has 0 bridgehead atoms. The van der Waals surface area contributed by atoms with E-state index >= 15 is 0 Å². The minimum atomic E-state index is -3.42. The summed E-state index contributed by atoms with van der Waals surface area (Å²) in [5.74, 6) is 0.142. The van der Waals surface area contributed by atoms with Crippen molar-refractivity contribution in [3.63, 3.8) is 0 Å². The molecule has 0 saturated carbocycles. The predicted octanol–water partition coefficient (Wildman–Crippen LogP) is 3.52. The van der Waals surface area contributed by atoms with Gasteiger partial charge in [-0.2, -0.15) is 0 Å². The Bertz CT molecular complexity index is 1120. The summed E-state index contributed by atoms with van der Waals surface area (Å²) >= 11 is 3.41. The minimum Gasteiger partial charge on any atom is -0.423 e. The van der Waals surface area contributed by atoms with Gasteiger partial charge < -0.3 is 9.64 Å². The Morgan fingerprint density at radius 3 is 2.32 bits per heavy atom. The third-order valence-electron chi connectivity index (χ3n) is 4.30. The zero-order valence-corrected chi connectivity index (χ0v) is 17.0. The van der Waals surface area contributed by atoms with Crippen molar-refractivity contribution in [1.82, 2.24) is 4.90 Å².